The first kappa shape index (κ1) is 12.6. The zero-order valence-corrected chi connectivity index (χ0v) is 11.4. The second-order valence-corrected chi connectivity index (χ2v) is 5.24. The molecule has 0 aliphatic rings. The Bertz CT molecular complexity index is 577. The van der Waals surface area contributed by atoms with E-state index in [1.54, 1.807) is 12.3 Å². The van der Waals surface area contributed by atoms with Gasteiger partial charge in [-0.3, -0.25) is 10.1 Å². The molecule has 0 saturated heterocycles. The summed E-state index contributed by atoms with van der Waals surface area (Å²) in [6.07, 6.45) is 1.75. The van der Waals surface area contributed by atoms with Gasteiger partial charge >= 0.3 is 0 Å². The maximum atomic E-state index is 12.0. The van der Waals surface area contributed by atoms with Crippen molar-refractivity contribution < 1.29 is 4.79 Å². The third-order valence-electron chi connectivity index (χ3n) is 2.60. The molecule has 2 rings (SSSR count). The SMILES string of the molecule is CNc1ccc(C(=O)Nc2ncc(C)s2)cc1C. The van der Waals surface area contributed by atoms with Crippen molar-refractivity contribution in [2.75, 3.05) is 17.7 Å². The van der Waals surface area contributed by atoms with E-state index in [-0.39, 0.29) is 5.91 Å². The highest BCUT2D eigenvalue weighted by Gasteiger charge is 2.09. The molecule has 0 atom stereocenters. The van der Waals surface area contributed by atoms with Crippen molar-refractivity contribution in [3.8, 4) is 0 Å². The van der Waals surface area contributed by atoms with Gasteiger partial charge in [-0.05, 0) is 37.6 Å². The summed E-state index contributed by atoms with van der Waals surface area (Å²) in [5.41, 5.74) is 2.71. The first-order chi connectivity index (χ1) is 8.60. The number of aryl methyl sites for hydroxylation is 2. The molecule has 0 unspecified atom stereocenters. The molecule has 0 saturated carbocycles. The van der Waals surface area contributed by atoms with Crippen LogP contribution >= 0.6 is 11.3 Å². The molecule has 0 spiro atoms. The minimum atomic E-state index is -0.130. The summed E-state index contributed by atoms with van der Waals surface area (Å²) < 4.78 is 0. The van der Waals surface area contributed by atoms with Gasteiger partial charge in [0.15, 0.2) is 5.13 Å². The van der Waals surface area contributed by atoms with Crippen LogP contribution in [0, 0.1) is 13.8 Å². The van der Waals surface area contributed by atoms with Crippen LogP contribution in [0.2, 0.25) is 0 Å². The molecule has 2 N–H and O–H groups in total. The van der Waals surface area contributed by atoms with Crippen molar-refractivity contribution >= 4 is 28.1 Å². The molecule has 94 valence electrons. The number of benzene rings is 1. The molecule has 0 aliphatic carbocycles. The van der Waals surface area contributed by atoms with Crippen molar-refractivity contribution in [1.82, 2.24) is 4.98 Å². The minimum Gasteiger partial charge on any atom is -0.388 e. The lowest BCUT2D eigenvalue weighted by molar-refractivity contribution is 0.102. The van der Waals surface area contributed by atoms with E-state index in [9.17, 15) is 4.79 Å². The van der Waals surface area contributed by atoms with Crippen LogP contribution in [0.15, 0.2) is 24.4 Å². The van der Waals surface area contributed by atoms with Gasteiger partial charge in [0.2, 0.25) is 0 Å². The number of anilines is 2. The smallest absolute Gasteiger partial charge is 0.257 e. The maximum Gasteiger partial charge on any atom is 0.257 e. The van der Waals surface area contributed by atoms with Gasteiger partial charge in [0.25, 0.3) is 5.91 Å². The zero-order valence-electron chi connectivity index (χ0n) is 10.6. The Hall–Kier alpha value is -1.88. The van der Waals surface area contributed by atoms with E-state index < -0.39 is 0 Å². The monoisotopic (exact) mass is 261 g/mol. The number of amides is 1. The Morgan fingerprint density at radius 3 is 2.67 bits per heavy atom. The van der Waals surface area contributed by atoms with E-state index in [2.05, 4.69) is 15.6 Å². The summed E-state index contributed by atoms with van der Waals surface area (Å²) in [5, 5.41) is 6.50. The van der Waals surface area contributed by atoms with Crippen LogP contribution in [0.25, 0.3) is 0 Å². The number of carbonyl (C=O) groups excluding carboxylic acids is 1. The van der Waals surface area contributed by atoms with Gasteiger partial charge in [0, 0.05) is 29.4 Å². The highest BCUT2D eigenvalue weighted by Crippen LogP contribution is 2.19. The van der Waals surface area contributed by atoms with Gasteiger partial charge in [-0.15, -0.1) is 11.3 Å². The maximum absolute atomic E-state index is 12.0. The van der Waals surface area contributed by atoms with Crippen LogP contribution in [0.1, 0.15) is 20.8 Å². The average molecular weight is 261 g/mol. The van der Waals surface area contributed by atoms with Gasteiger partial charge in [0.05, 0.1) is 0 Å². The molecule has 2 aromatic rings. The molecule has 0 radical (unpaired) electrons. The number of hydrogen-bond donors (Lipinski definition) is 2. The predicted octanol–water partition coefficient (Wildman–Crippen LogP) is 3.05. The molecule has 18 heavy (non-hydrogen) atoms. The van der Waals surface area contributed by atoms with Crippen LogP contribution in [0.4, 0.5) is 10.8 Å². The fourth-order valence-electron chi connectivity index (χ4n) is 1.67. The van der Waals surface area contributed by atoms with Gasteiger partial charge in [-0.25, -0.2) is 4.98 Å². The van der Waals surface area contributed by atoms with Crippen molar-refractivity contribution in [2.24, 2.45) is 0 Å². The fraction of sp³-hybridized carbons (Fsp3) is 0.231. The third kappa shape index (κ3) is 2.68. The molecule has 1 heterocycles. The van der Waals surface area contributed by atoms with E-state index in [1.807, 2.05) is 33.0 Å². The molecule has 0 bridgehead atoms. The topological polar surface area (TPSA) is 54.0 Å². The molecular formula is C13H15N3OS. The van der Waals surface area contributed by atoms with Gasteiger partial charge in [-0.1, -0.05) is 0 Å². The van der Waals surface area contributed by atoms with Gasteiger partial charge < -0.3 is 5.32 Å². The van der Waals surface area contributed by atoms with Crippen molar-refractivity contribution in [3.63, 3.8) is 0 Å². The molecule has 1 amide bonds. The quantitative estimate of drug-likeness (QED) is 0.892. The van der Waals surface area contributed by atoms with Crippen LogP contribution < -0.4 is 10.6 Å². The summed E-state index contributed by atoms with van der Waals surface area (Å²) in [5.74, 6) is -0.130. The lowest BCUT2D eigenvalue weighted by Crippen LogP contribution is -2.12. The number of aromatic nitrogens is 1. The van der Waals surface area contributed by atoms with Crippen LogP contribution in [0.5, 0.6) is 0 Å². The molecule has 0 aliphatic heterocycles. The number of nitrogens with one attached hydrogen (secondary N) is 2. The normalized spacial score (nSPS) is 10.2. The number of thiazole rings is 1. The highest BCUT2D eigenvalue weighted by atomic mass is 32.1. The van der Waals surface area contributed by atoms with E-state index in [0.29, 0.717) is 10.7 Å². The summed E-state index contributed by atoms with van der Waals surface area (Å²) in [6.45, 7) is 3.93. The Balaban J connectivity index is 2.16. The first-order valence-corrected chi connectivity index (χ1v) is 6.44. The Labute approximate surface area is 110 Å². The van der Waals surface area contributed by atoms with Crippen molar-refractivity contribution in [1.29, 1.82) is 0 Å². The Kier molecular flexibility index (Phi) is 3.62. The van der Waals surface area contributed by atoms with Crippen molar-refractivity contribution in [3.05, 3.63) is 40.4 Å². The summed E-state index contributed by atoms with van der Waals surface area (Å²) in [7, 11) is 1.86. The van der Waals surface area contributed by atoms with Crippen LogP contribution in [-0.2, 0) is 0 Å². The molecule has 5 heteroatoms. The standard InChI is InChI=1S/C13H15N3OS/c1-8-6-10(4-5-11(8)14-3)12(17)16-13-15-7-9(2)18-13/h4-7,14H,1-3H3,(H,15,16,17). The first-order valence-electron chi connectivity index (χ1n) is 5.62. The number of carbonyl (C=O) groups is 1. The number of rotatable bonds is 3. The number of hydrogen-bond acceptors (Lipinski definition) is 4. The average Bonchev–Trinajstić information content (AvgIpc) is 2.74. The lowest BCUT2D eigenvalue weighted by Gasteiger charge is -2.07. The second-order valence-electron chi connectivity index (χ2n) is 4.01. The molecule has 1 aromatic heterocycles. The summed E-state index contributed by atoms with van der Waals surface area (Å²) >= 11 is 1.47. The van der Waals surface area contributed by atoms with Crippen molar-refractivity contribution in [2.45, 2.75) is 13.8 Å². The molecule has 1 aromatic carbocycles. The Morgan fingerprint density at radius 1 is 1.33 bits per heavy atom. The number of nitrogens with zero attached hydrogens (tertiary/aromatic N) is 1. The molecular weight excluding hydrogens is 246 g/mol. The van der Waals surface area contributed by atoms with E-state index >= 15 is 0 Å². The largest absolute Gasteiger partial charge is 0.388 e. The minimum absolute atomic E-state index is 0.130. The van der Waals surface area contributed by atoms with E-state index in [4.69, 9.17) is 0 Å². The second kappa shape index (κ2) is 5.18. The Morgan fingerprint density at radius 2 is 2.11 bits per heavy atom. The summed E-state index contributed by atoms with van der Waals surface area (Å²) in [4.78, 5) is 17.2. The van der Waals surface area contributed by atoms with E-state index in [1.165, 1.54) is 11.3 Å². The summed E-state index contributed by atoms with van der Waals surface area (Å²) in [6, 6.07) is 5.56. The van der Waals surface area contributed by atoms with Gasteiger partial charge in [0.1, 0.15) is 0 Å². The zero-order chi connectivity index (χ0) is 13.1. The highest BCUT2D eigenvalue weighted by molar-refractivity contribution is 7.15. The van der Waals surface area contributed by atoms with Crippen LogP contribution in [0.3, 0.4) is 0 Å². The third-order valence-corrected chi connectivity index (χ3v) is 3.43. The fourth-order valence-corrected chi connectivity index (χ4v) is 2.33. The lowest BCUT2D eigenvalue weighted by atomic mass is 10.1. The molecule has 0 fully saturated rings. The van der Waals surface area contributed by atoms with Gasteiger partial charge in [-0.2, -0.15) is 0 Å². The predicted molar refractivity (Wildman–Crippen MR) is 75.5 cm³/mol. The van der Waals surface area contributed by atoms with Crippen LogP contribution in [-0.4, -0.2) is 17.9 Å². The molecule has 4 nitrogen and oxygen atoms in total. The van der Waals surface area contributed by atoms with E-state index in [0.717, 1.165) is 16.1 Å².